The lowest BCUT2D eigenvalue weighted by molar-refractivity contribution is -0.140. The smallest absolute Gasteiger partial charge is 0.161 e. The number of hydrogen-bond donors (Lipinski definition) is 0. The quantitative estimate of drug-likeness (QED) is 0.763. The molecule has 2 rings (SSSR count). The van der Waals surface area contributed by atoms with Crippen LogP contribution in [0.3, 0.4) is 0 Å². The summed E-state index contributed by atoms with van der Waals surface area (Å²) in [4.78, 5) is 0. The van der Waals surface area contributed by atoms with E-state index in [-0.39, 0.29) is 5.60 Å². The molecule has 0 N–H and O–H groups in total. The van der Waals surface area contributed by atoms with Crippen molar-refractivity contribution in [2.75, 3.05) is 20.8 Å². The SMILES string of the molecule is COc1ccc(C2(C)CCO2)cc1OC. The fraction of sp³-hybridized carbons (Fsp3) is 0.500. The van der Waals surface area contributed by atoms with Crippen LogP contribution in [0.4, 0.5) is 0 Å². The predicted octanol–water partition coefficient (Wildman–Crippen LogP) is 2.34. The highest BCUT2D eigenvalue weighted by molar-refractivity contribution is 5.44. The van der Waals surface area contributed by atoms with Crippen LogP contribution >= 0.6 is 0 Å². The average Bonchev–Trinajstić information content (AvgIpc) is 2.25. The standard InChI is InChI=1S/C12H16O3/c1-12(6-7-15-12)9-4-5-10(13-2)11(8-9)14-3/h4-5,8H,6-7H2,1-3H3. The maximum absolute atomic E-state index is 5.58. The van der Waals surface area contributed by atoms with E-state index in [0.717, 1.165) is 30.1 Å². The summed E-state index contributed by atoms with van der Waals surface area (Å²) in [6.07, 6.45) is 1.06. The topological polar surface area (TPSA) is 27.7 Å². The first-order valence-electron chi connectivity index (χ1n) is 5.06. The van der Waals surface area contributed by atoms with Crippen LogP contribution in [0.25, 0.3) is 0 Å². The largest absolute Gasteiger partial charge is 0.493 e. The molecule has 1 heterocycles. The Hall–Kier alpha value is -1.22. The molecule has 0 bridgehead atoms. The molecule has 1 aromatic carbocycles. The minimum absolute atomic E-state index is 0.139. The van der Waals surface area contributed by atoms with Gasteiger partial charge in [-0.15, -0.1) is 0 Å². The summed E-state index contributed by atoms with van der Waals surface area (Å²) < 4.78 is 16.0. The number of benzene rings is 1. The Balaban J connectivity index is 2.34. The van der Waals surface area contributed by atoms with Crippen molar-refractivity contribution in [1.82, 2.24) is 0 Å². The van der Waals surface area contributed by atoms with Crippen molar-refractivity contribution < 1.29 is 14.2 Å². The second-order valence-electron chi connectivity index (χ2n) is 3.90. The monoisotopic (exact) mass is 208 g/mol. The molecule has 15 heavy (non-hydrogen) atoms. The van der Waals surface area contributed by atoms with Gasteiger partial charge >= 0.3 is 0 Å². The van der Waals surface area contributed by atoms with E-state index in [0.29, 0.717) is 0 Å². The van der Waals surface area contributed by atoms with E-state index in [1.807, 2.05) is 18.2 Å². The Morgan fingerprint density at radius 3 is 2.33 bits per heavy atom. The second-order valence-corrected chi connectivity index (χ2v) is 3.90. The molecule has 0 amide bonds. The fourth-order valence-electron chi connectivity index (χ4n) is 1.80. The van der Waals surface area contributed by atoms with Crippen LogP contribution in [0, 0.1) is 0 Å². The van der Waals surface area contributed by atoms with Gasteiger partial charge in [0.2, 0.25) is 0 Å². The van der Waals surface area contributed by atoms with E-state index in [1.165, 1.54) is 0 Å². The van der Waals surface area contributed by atoms with Gasteiger partial charge in [-0.25, -0.2) is 0 Å². The van der Waals surface area contributed by atoms with Crippen LogP contribution in [0.5, 0.6) is 11.5 Å². The number of methoxy groups -OCH3 is 2. The lowest BCUT2D eigenvalue weighted by Gasteiger charge is -2.39. The molecule has 3 heteroatoms. The molecule has 0 saturated carbocycles. The van der Waals surface area contributed by atoms with Crippen LogP contribution in [-0.4, -0.2) is 20.8 Å². The van der Waals surface area contributed by atoms with Crippen molar-refractivity contribution in [1.29, 1.82) is 0 Å². The highest BCUT2D eigenvalue weighted by Gasteiger charge is 2.35. The highest BCUT2D eigenvalue weighted by Crippen LogP contribution is 2.40. The van der Waals surface area contributed by atoms with Crippen LogP contribution in [0.15, 0.2) is 18.2 Å². The normalized spacial score (nSPS) is 24.5. The minimum Gasteiger partial charge on any atom is -0.493 e. The lowest BCUT2D eigenvalue weighted by atomic mass is 9.88. The van der Waals surface area contributed by atoms with E-state index >= 15 is 0 Å². The first kappa shape index (κ1) is 10.3. The van der Waals surface area contributed by atoms with Gasteiger partial charge in [-0.2, -0.15) is 0 Å². The van der Waals surface area contributed by atoms with Gasteiger partial charge in [0, 0.05) is 6.42 Å². The van der Waals surface area contributed by atoms with Gasteiger partial charge in [0.15, 0.2) is 11.5 Å². The molecular weight excluding hydrogens is 192 g/mol. The molecule has 1 atom stereocenters. The van der Waals surface area contributed by atoms with E-state index in [1.54, 1.807) is 14.2 Å². The highest BCUT2D eigenvalue weighted by atomic mass is 16.5. The Morgan fingerprint density at radius 2 is 1.87 bits per heavy atom. The lowest BCUT2D eigenvalue weighted by Crippen LogP contribution is -2.37. The van der Waals surface area contributed by atoms with Crippen molar-refractivity contribution in [3.05, 3.63) is 23.8 Å². The molecule has 0 aromatic heterocycles. The van der Waals surface area contributed by atoms with E-state index in [9.17, 15) is 0 Å². The van der Waals surface area contributed by atoms with Crippen LogP contribution < -0.4 is 9.47 Å². The van der Waals surface area contributed by atoms with Gasteiger partial charge in [-0.1, -0.05) is 6.07 Å². The Labute approximate surface area is 90.0 Å². The summed E-state index contributed by atoms with van der Waals surface area (Å²) >= 11 is 0. The second kappa shape index (κ2) is 3.74. The maximum Gasteiger partial charge on any atom is 0.161 e. The molecular formula is C12H16O3. The summed E-state index contributed by atoms with van der Waals surface area (Å²) in [6, 6.07) is 5.93. The maximum atomic E-state index is 5.58. The number of ether oxygens (including phenoxy) is 3. The molecule has 82 valence electrons. The zero-order chi connectivity index (χ0) is 10.9. The molecule has 1 unspecified atom stereocenters. The zero-order valence-electron chi connectivity index (χ0n) is 9.37. The Bertz CT molecular complexity index is 356. The summed E-state index contributed by atoms with van der Waals surface area (Å²) in [5, 5.41) is 0. The van der Waals surface area contributed by atoms with Crippen molar-refractivity contribution in [3.63, 3.8) is 0 Å². The summed E-state index contributed by atoms with van der Waals surface area (Å²) in [5.41, 5.74) is 1.01. The van der Waals surface area contributed by atoms with Gasteiger partial charge in [0.1, 0.15) is 0 Å². The van der Waals surface area contributed by atoms with Crippen molar-refractivity contribution in [2.45, 2.75) is 18.9 Å². The molecule has 0 radical (unpaired) electrons. The minimum atomic E-state index is -0.139. The van der Waals surface area contributed by atoms with Gasteiger partial charge in [0.05, 0.1) is 26.4 Å². The molecule has 1 aliphatic rings. The third-order valence-electron chi connectivity index (χ3n) is 2.99. The van der Waals surface area contributed by atoms with Gasteiger partial charge < -0.3 is 14.2 Å². The molecule has 0 spiro atoms. The first-order chi connectivity index (χ1) is 7.19. The Kier molecular flexibility index (Phi) is 2.57. The van der Waals surface area contributed by atoms with Crippen LogP contribution in [0.2, 0.25) is 0 Å². The number of hydrogen-bond acceptors (Lipinski definition) is 3. The number of rotatable bonds is 3. The van der Waals surface area contributed by atoms with Gasteiger partial charge in [-0.3, -0.25) is 0 Å². The average molecular weight is 208 g/mol. The molecule has 1 aliphatic heterocycles. The molecule has 3 nitrogen and oxygen atoms in total. The predicted molar refractivity (Wildman–Crippen MR) is 57.5 cm³/mol. The third-order valence-corrected chi connectivity index (χ3v) is 2.99. The molecule has 1 aromatic rings. The van der Waals surface area contributed by atoms with E-state index < -0.39 is 0 Å². The van der Waals surface area contributed by atoms with Crippen molar-refractivity contribution in [2.24, 2.45) is 0 Å². The summed E-state index contributed by atoms with van der Waals surface area (Å²) in [5.74, 6) is 1.51. The van der Waals surface area contributed by atoms with E-state index in [4.69, 9.17) is 14.2 Å². The molecule has 1 saturated heterocycles. The summed E-state index contributed by atoms with van der Waals surface area (Å²) in [7, 11) is 3.28. The zero-order valence-corrected chi connectivity index (χ0v) is 9.37. The fourth-order valence-corrected chi connectivity index (χ4v) is 1.80. The van der Waals surface area contributed by atoms with Crippen LogP contribution in [0.1, 0.15) is 18.9 Å². The first-order valence-corrected chi connectivity index (χ1v) is 5.06. The van der Waals surface area contributed by atoms with Crippen molar-refractivity contribution in [3.8, 4) is 11.5 Å². The Morgan fingerprint density at radius 1 is 1.20 bits per heavy atom. The third kappa shape index (κ3) is 1.67. The van der Waals surface area contributed by atoms with Crippen molar-refractivity contribution >= 4 is 0 Å². The summed E-state index contributed by atoms with van der Waals surface area (Å²) in [6.45, 7) is 2.93. The van der Waals surface area contributed by atoms with Crippen LogP contribution in [-0.2, 0) is 10.3 Å². The van der Waals surface area contributed by atoms with E-state index in [2.05, 4.69) is 6.92 Å². The van der Waals surface area contributed by atoms with Gasteiger partial charge in [0.25, 0.3) is 0 Å². The molecule has 0 aliphatic carbocycles. The van der Waals surface area contributed by atoms with Gasteiger partial charge in [-0.05, 0) is 24.6 Å². The molecule has 1 fully saturated rings.